The molecule has 0 radical (unpaired) electrons. The molecule has 1 aliphatic rings. The Morgan fingerprint density at radius 1 is 0.333 bits per heavy atom. The number of rotatable bonds is 2. The third kappa shape index (κ3) is 3.99. The van der Waals surface area contributed by atoms with Gasteiger partial charge in [0.2, 0.25) is 0 Å². The van der Waals surface area contributed by atoms with Gasteiger partial charge in [-0.2, -0.15) is 0 Å². The summed E-state index contributed by atoms with van der Waals surface area (Å²) in [5, 5.41) is -1.73. The molecule has 2 nitrogen and oxygen atoms in total. The van der Waals surface area contributed by atoms with Crippen LogP contribution in [0.3, 0.4) is 0 Å². The maximum atomic E-state index is 10.3. The van der Waals surface area contributed by atoms with E-state index in [-0.39, 0.29) is 16.3 Å². The monoisotopic (exact) mass is 677 g/mol. The van der Waals surface area contributed by atoms with Crippen LogP contribution in [0.1, 0.15) is 45.3 Å². The first-order valence-electron chi connectivity index (χ1n) is 29.8. The normalized spacial score (nSPS) is 20.0. The van der Waals surface area contributed by atoms with Crippen molar-refractivity contribution in [1.82, 2.24) is 9.13 Å². The third-order valence-corrected chi connectivity index (χ3v) is 8.86. The Hall–Kier alpha value is -6.64. The molecule has 0 saturated heterocycles. The second-order valence-corrected chi connectivity index (χ2v) is 11.5. The Bertz CT molecular complexity index is 4610. The lowest BCUT2D eigenvalue weighted by Gasteiger charge is -2.24. The number of benzene rings is 8. The predicted molar refractivity (Wildman–Crippen MR) is 215 cm³/mol. The van der Waals surface area contributed by atoms with E-state index in [2.05, 4.69) is 0 Å². The summed E-state index contributed by atoms with van der Waals surface area (Å²) in [6.45, 7) is 1.36. The van der Waals surface area contributed by atoms with Crippen molar-refractivity contribution >= 4 is 43.6 Å². The molecule has 0 N–H and O–H groups in total. The van der Waals surface area contributed by atoms with E-state index >= 15 is 0 Å². The Balaban J connectivity index is 1.43. The summed E-state index contributed by atoms with van der Waals surface area (Å²) in [7, 11) is 0. The van der Waals surface area contributed by atoms with Gasteiger partial charge in [-0.15, -0.1) is 0 Å². The molecule has 10 aromatic rings. The van der Waals surface area contributed by atoms with Crippen LogP contribution in [0.15, 0.2) is 175 Å². The molecule has 2 heteroatoms. The molecule has 2 aromatic heterocycles. The van der Waals surface area contributed by atoms with Gasteiger partial charge in [-0.1, -0.05) is 127 Å². The topological polar surface area (TPSA) is 9.86 Å². The molecular formula is C49H32N2. The summed E-state index contributed by atoms with van der Waals surface area (Å²) in [4.78, 5) is 0. The van der Waals surface area contributed by atoms with Gasteiger partial charge in [-0.3, -0.25) is 0 Å². The number of para-hydroxylation sites is 2. The molecule has 238 valence electrons. The lowest BCUT2D eigenvalue weighted by atomic mass is 9.81. The lowest BCUT2D eigenvalue weighted by Crippen LogP contribution is -2.00. The van der Waals surface area contributed by atoms with Crippen molar-refractivity contribution in [1.29, 1.82) is 0 Å². The van der Waals surface area contributed by atoms with Crippen LogP contribution >= 0.6 is 0 Å². The van der Waals surface area contributed by atoms with E-state index in [9.17, 15) is 19.2 Å². The largest absolute Gasteiger partial charge is 0.309 e. The van der Waals surface area contributed by atoms with E-state index in [4.69, 9.17) is 20.6 Å². The SMILES string of the molecule is [2H]c1c([2H])c([2H])c2c(c1[2H])-c1c([2H])c([2H])c([2H])c([2H])c1-c1c([2H])c([2H])c(-n3c4c([2H])c([2H])c([2H])c([2H])c4c4c([2H])c(-n5c6c([2H])c([2H])c([2H])c([2H])c6c6c(C)c([2H])c([2H])c([2H])c65)c([2H])c([2H])c43)c([2H])c1-c1c([2H])c([2H])c([2H])c([2H])c1-2. The van der Waals surface area contributed by atoms with Crippen LogP contribution in [0, 0.1) is 6.92 Å². The number of nitrogens with zero attached hydrogens (tertiary/aromatic N) is 2. The maximum absolute atomic E-state index is 10.3. The Morgan fingerprint density at radius 2 is 0.765 bits per heavy atom. The first kappa shape index (κ1) is 12.0. The Morgan fingerprint density at radius 3 is 1.41 bits per heavy atom. The summed E-state index contributed by atoms with van der Waals surface area (Å²) in [5.74, 6) is 0. The van der Waals surface area contributed by atoms with E-state index < -0.39 is 264 Å². The number of hydrogen-bond donors (Lipinski definition) is 0. The van der Waals surface area contributed by atoms with Gasteiger partial charge in [0.1, 0.15) is 0 Å². The molecule has 8 aromatic carbocycles. The minimum absolute atomic E-state index is 0.0460. The average molecular weight is 678 g/mol. The van der Waals surface area contributed by atoms with Gasteiger partial charge in [-0.05, 0) is 105 Å². The average Bonchev–Trinajstić information content (AvgIpc) is 4.04. The quantitative estimate of drug-likeness (QED) is 0.172. The molecule has 0 aliphatic heterocycles. The van der Waals surface area contributed by atoms with Crippen LogP contribution in [-0.2, 0) is 0 Å². The molecular weight excluding hydrogens is 617 g/mol. The molecule has 0 atom stereocenters. The van der Waals surface area contributed by atoms with Gasteiger partial charge in [0.15, 0.2) is 0 Å². The first-order chi connectivity index (χ1) is 37.3. The minimum Gasteiger partial charge on any atom is -0.309 e. The fraction of sp³-hybridized carbons (Fsp3) is 0.0204. The van der Waals surface area contributed by atoms with Crippen molar-refractivity contribution in [3.63, 3.8) is 0 Å². The second kappa shape index (κ2) is 10.7. The molecule has 0 fully saturated rings. The molecule has 0 amide bonds. The van der Waals surface area contributed by atoms with Crippen LogP contribution in [0.5, 0.6) is 0 Å². The number of hydrogen-bond acceptors (Lipinski definition) is 0. The predicted octanol–water partition coefficient (Wildman–Crippen LogP) is 13.2. The fourth-order valence-electron chi connectivity index (χ4n) is 6.74. The van der Waals surface area contributed by atoms with E-state index in [1.165, 1.54) is 6.92 Å². The lowest BCUT2D eigenvalue weighted by molar-refractivity contribution is 1.16. The molecule has 0 unspecified atom stereocenters. The standard InChI is InChI=1S/C49H32N2/c1-31-13-12-24-48-49(31)42-21-9-11-23-46(42)51(48)33-26-28-47-44(30-33)41-20-8-10-22-45(41)50(47)32-25-27-40-38-18-5-4-16-36(38)34-14-2-3-15-35(34)37-17-6-7-19-39(37)43(40)29-32/h2-30H,1H3/i2D,3D,4D,5D,6D,7D,8D,9D,10D,11D,12D,13D,14D,15D,16D,17D,18D,19D,20D,21D,22D,23D,24D,25D,26D,27D,28D,29D,30D. The van der Waals surface area contributed by atoms with Gasteiger partial charge in [0.05, 0.1) is 61.8 Å². The third-order valence-electron chi connectivity index (χ3n) is 8.86. The van der Waals surface area contributed by atoms with Crippen LogP contribution in [0.4, 0.5) is 0 Å². The van der Waals surface area contributed by atoms with Gasteiger partial charge in [0.25, 0.3) is 0 Å². The molecule has 0 spiro atoms. The highest BCUT2D eigenvalue weighted by Gasteiger charge is 2.23. The highest BCUT2D eigenvalue weighted by molar-refractivity contribution is 6.13. The van der Waals surface area contributed by atoms with Crippen molar-refractivity contribution < 1.29 is 39.8 Å². The smallest absolute Gasteiger partial charge is 0.0652 e. The molecule has 2 heterocycles. The van der Waals surface area contributed by atoms with Crippen LogP contribution < -0.4 is 0 Å². The van der Waals surface area contributed by atoms with Crippen LogP contribution in [0.25, 0.3) is 99.5 Å². The Labute approximate surface area is 336 Å². The molecule has 11 rings (SSSR count). The number of aryl methyl sites for hydroxylation is 1. The van der Waals surface area contributed by atoms with E-state index in [0.717, 1.165) is 4.57 Å². The second-order valence-electron chi connectivity index (χ2n) is 11.5. The fourth-order valence-corrected chi connectivity index (χ4v) is 6.74. The van der Waals surface area contributed by atoms with Crippen molar-refractivity contribution in [2.45, 2.75) is 6.92 Å². The highest BCUT2D eigenvalue weighted by atomic mass is 15.0. The first-order valence-corrected chi connectivity index (χ1v) is 15.3. The van der Waals surface area contributed by atoms with Crippen LogP contribution in [0.2, 0.25) is 0 Å². The summed E-state index contributed by atoms with van der Waals surface area (Å²) in [6.07, 6.45) is 0. The van der Waals surface area contributed by atoms with Crippen molar-refractivity contribution in [2.75, 3.05) is 0 Å². The van der Waals surface area contributed by atoms with Crippen molar-refractivity contribution in [3.8, 4) is 55.9 Å². The molecule has 51 heavy (non-hydrogen) atoms. The zero-order chi connectivity index (χ0) is 58.9. The van der Waals surface area contributed by atoms with Gasteiger partial charge < -0.3 is 9.13 Å². The summed E-state index contributed by atoms with van der Waals surface area (Å²) < 4.78 is 268. The van der Waals surface area contributed by atoms with E-state index in [0.29, 0.717) is 4.57 Å². The van der Waals surface area contributed by atoms with Crippen molar-refractivity contribution in [2.24, 2.45) is 0 Å². The maximum Gasteiger partial charge on any atom is 0.0652 e. The highest BCUT2D eigenvalue weighted by Crippen LogP contribution is 2.48. The van der Waals surface area contributed by atoms with E-state index in [1.807, 2.05) is 0 Å². The molecule has 0 bridgehead atoms. The minimum atomic E-state index is -1.13. The van der Waals surface area contributed by atoms with E-state index in [1.54, 1.807) is 0 Å². The zero-order valence-electron chi connectivity index (χ0n) is 54.9. The van der Waals surface area contributed by atoms with Gasteiger partial charge in [0, 0.05) is 32.9 Å². The summed E-state index contributed by atoms with van der Waals surface area (Å²) in [5.41, 5.74) is -10.1. The number of fused-ring (bicyclic) bond motifs is 14. The summed E-state index contributed by atoms with van der Waals surface area (Å²) in [6, 6.07) is -26.8. The van der Waals surface area contributed by atoms with Gasteiger partial charge in [-0.25, -0.2) is 0 Å². The number of aromatic nitrogens is 2. The van der Waals surface area contributed by atoms with Gasteiger partial charge >= 0.3 is 0 Å². The summed E-state index contributed by atoms with van der Waals surface area (Å²) >= 11 is 0. The molecule has 0 saturated carbocycles. The zero-order valence-corrected chi connectivity index (χ0v) is 25.9. The molecule has 1 aliphatic carbocycles. The van der Waals surface area contributed by atoms with Crippen LogP contribution in [-0.4, -0.2) is 9.13 Å². The Kier molecular flexibility index (Phi) is 2.51. The van der Waals surface area contributed by atoms with Crippen molar-refractivity contribution in [3.05, 3.63) is 181 Å².